The van der Waals surface area contributed by atoms with Crippen molar-refractivity contribution >= 4 is 11.6 Å². The lowest BCUT2D eigenvalue weighted by Gasteiger charge is -2.24. The van der Waals surface area contributed by atoms with Gasteiger partial charge in [0, 0.05) is 0 Å². The minimum atomic E-state index is 0.180. The molecular formula is C16H21ClO. The first kappa shape index (κ1) is 12.5. The quantitative estimate of drug-likeness (QED) is 0.701. The number of fused-ring (bicyclic) bond motifs is 1. The molecule has 18 heavy (non-hydrogen) atoms. The molecule has 1 aromatic rings. The van der Waals surface area contributed by atoms with Crippen LogP contribution in [0, 0.1) is 5.92 Å². The molecule has 1 aromatic carbocycles. The highest BCUT2D eigenvalue weighted by Crippen LogP contribution is 2.36. The van der Waals surface area contributed by atoms with Gasteiger partial charge in [0.05, 0.1) is 18.6 Å². The van der Waals surface area contributed by atoms with E-state index < -0.39 is 0 Å². The van der Waals surface area contributed by atoms with Gasteiger partial charge >= 0.3 is 0 Å². The Morgan fingerprint density at radius 3 is 2.72 bits per heavy atom. The lowest BCUT2D eigenvalue weighted by Crippen LogP contribution is -2.09. The van der Waals surface area contributed by atoms with E-state index in [0.717, 1.165) is 25.6 Å². The molecule has 1 aliphatic heterocycles. The second kappa shape index (κ2) is 5.63. The van der Waals surface area contributed by atoms with Crippen LogP contribution in [0.3, 0.4) is 0 Å². The predicted molar refractivity (Wildman–Crippen MR) is 74.7 cm³/mol. The van der Waals surface area contributed by atoms with Crippen molar-refractivity contribution < 1.29 is 4.74 Å². The van der Waals surface area contributed by atoms with Crippen LogP contribution in [0.5, 0.6) is 0 Å². The van der Waals surface area contributed by atoms with Crippen molar-refractivity contribution in [1.29, 1.82) is 0 Å². The summed E-state index contributed by atoms with van der Waals surface area (Å²) in [7, 11) is 0. The fraction of sp³-hybridized carbons (Fsp3) is 0.625. The molecule has 0 amide bonds. The van der Waals surface area contributed by atoms with Gasteiger partial charge in [0.1, 0.15) is 0 Å². The first-order valence-corrected chi connectivity index (χ1v) is 7.60. The van der Waals surface area contributed by atoms with Crippen LogP contribution in [0.15, 0.2) is 18.2 Å². The van der Waals surface area contributed by atoms with E-state index in [2.05, 4.69) is 18.2 Å². The lowest BCUT2D eigenvalue weighted by molar-refractivity contribution is 0.134. The fourth-order valence-electron chi connectivity index (χ4n) is 3.24. The second-order valence-electron chi connectivity index (χ2n) is 5.73. The fourth-order valence-corrected chi connectivity index (χ4v) is 3.63. The van der Waals surface area contributed by atoms with Crippen LogP contribution in [0.1, 0.15) is 60.6 Å². The van der Waals surface area contributed by atoms with Crippen molar-refractivity contribution in [2.45, 2.75) is 57.1 Å². The zero-order chi connectivity index (χ0) is 12.4. The summed E-state index contributed by atoms with van der Waals surface area (Å²) in [6.45, 7) is 1.53. The van der Waals surface area contributed by atoms with Crippen LogP contribution in [-0.2, 0) is 18.0 Å². The maximum atomic E-state index is 6.60. The summed E-state index contributed by atoms with van der Waals surface area (Å²) in [6, 6.07) is 6.63. The van der Waals surface area contributed by atoms with Gasteiger partial charge in [-0.3, -0.25) is 0 Å². The SMILES string of the molecule is ClC(CC1CCCCC1)c1ccc2c(c1)COC2. The molecule has 2 heteroatoms. The highest BCUT2D eigenvalue weighted by Gasteiger charge is 2.20. The molecule has 2 aliphatic rings. The summed E-state index contributed by atoms with van der Waals surface area (Å²) in [5, 5.41) is 0.180. The van der Waals surface area contributed by atoms with Gasteiger partial charge in [-0.15, -0.1) is 11.6 Å². The molecule has 3 rings (SSSR count). The average molecular weight is 265 g/mol. The Bertz CT molecular complexity index is 410. The Balaban J connectivity index is 1.66. The Kier molecular flexibility index (Phi) is 3.91. The van der Waals surface area contributed by atoms with Crippen molar-refractivity contribution in [3.63, 3.8) is 0 Å². The Hall–Kier alpha value is -0.530. The summed E-state index contributed by atoms with van der Waals surface area (Å²) in [5.74, 6) is 0.839. The molecule has 0 radical (unpaired) electrons. The molecular weight excluding hydrogens is 244 g/mol. The zero-order valence-corrected chi connectivity index (χ0v) is 11.6. The molecule has 1 nitrogen and oxygen atoms in total. The molecule has 98 valence electrons. The van der Waals surface area contributed by atoms with E-state index in [-0.39, 0.29) is 5.38 Å². The summed E-state index contributed by atoms with van der Waals surface area (Å²) in [5.41, 5.74) is 3.95. The second-order valence-corrected chi connectivity index (χ2v) is 6.26. The van der Waals surface area contributed by atoms with Gasteiger partial charge in [0.25, 0.3) is 0 Å². The van der Waals surface area contributed by atoms with Crippen molar-refractivity contribution in [2.24, 2.45) is 5.92 Å². The smallest absolute Gasteiger partial charge is 0.0725 e. The Morgan fingerprint density at radius 2 is 1.89 bits per heavy atom. The van der Waals surface area contributed by atoms with Gasteiger partial charge in [-0.1, -0.05) is 50.3 Å². The number of halogens is 1. The zero-order valence-electron chi connectivity index (χ0n) is 10.8. The van der Waals surface area contributed by atoms with Gasteiger partial charge in [-0.25, -0.2) is 0 Å². The van der Waals surface area contributed by atoms with Crippen molar-refractivity contribution in [2.75, 3.05) is 0 Å². The number of benzene rings is 1. The van der Waals surface area contributed by atoms with Gasteiger partial charge in [-0.2, -0.15) is 0 Å². The Labute approximate surface area is 114 Å². The largest absolute Gasteiger partial charge is 0.372 e. The molecule has 1 atom stereocenters. The molecule has 0 saturated heterocycles. The van der Waals surface area contributed by atoms with Crippen LogP contribution >= 0.6 is 11.6 Å². The topological polar surface area (TPSA) is 9.23 Å². The normalized spacial score (nSPS) is 21.8. The van der Waals surface area contributed by atoms with Crippen molar-refractivity contribution in [3.05, 3.63) is 34.9 Å². The van der Waals surface area contributed by atoms with Gasteiger partial charge in [0.15, 0.2) is 0 Å². The molecule has 0 bridgehead atoms. The standard InChI is InChI=1S/C16H21ClO/c17-16(8-12-4-2-1-3-5-12)13-6-7-14-10-18-11-15(14)9-13/h6-7,9,12,16H,1-5,8,10-11H2. The van der Waals surface area contributed by atoms with E-state index in [1.807, 2.05) is 0 Å². The van der Waals surface area contributed by atoms with Crippen LogP contribution in [0.2, 0.25) is 0 Å². The monoisotopic (exact) mass is 264 g/mol. The Morgan fingerprint density at radius 1 is 1.11 bits per heavy atom. The van der Waals surface area contributed by atoms with Gasteiger partial charge in [-0.05, 0) is 29.0 Å². The van der Waals surface area contributed by atoms with Gasteiger partial charge < -0.3 is 4.74 Å². The van der Waals surface area contributed by atoms with E-state index in [4.69, 9.17) is 16.3 Å². The number of rotatable bonds is 3. The van der Waals surface area contributed by atoms with E-state index in [1.54, 1.807) is 0 Å². The first-order chi connectivity index (χ1) is 8.83. The molecule has 1 saturated carbocycles. The van der Waals surface area contributed by atoms with E-state index >= 15 is 0 Å². The average Bonchev–Trinajstić information content (AvgIpc) is 2.87. The third-order valence-electron chi connectivity index (χ3n) is 4.37. The molecule has 1 unspecified atom stereocenters. The maximum absolute atomic E-state index is 6.60. The molecule has 1 heterocycles. The molecule has 0 N–H and O–H groups in total. The predicted octanol–water partition coefficient (Wildman–Crippen LogP) is 4.97. The number of hydrogen-bond donors (Lipinski definition) is 0. The van der Waals surface area contributed by atoms with E-state index in [9.17, 15) is 0 Å². The van der Waals surface area contributed by atoms with Crippen LogP contribution in [-0.4, -0.2) is 0 Å². The molecule has 0 spiro atoms. The number of ether oxygens (including phenoxy) is 1. The van der Waals surface area contributed by atoms with Crippen molar-refractivity contribution in [3.8, 4) is 0 Å². The summed E-state index contributed by atoms with van der Waals surface area (Å²) in [6.07, 6.45) is 8.09. The van der Waals surface area contributed by atoms with E-state index in [1.165, 1.54) is 48.8 Å². The lowest BCUT2D eigenvalue weighted by atomic mass is 9.85. The molecule has 1 aliphatic carbocycles. The third-order valence-corrected chi connectivity index (χ3v) is 4.80. The van der Waals surface area contributed by atoms with Crippen LogP contribution in [0.25, 0.3) is 0 Å². The van der Waals surface area contributed by atoms with Crippen molar-refractivity contribution in [1.82, 2.24) is 0 Å². The minimum absolute atomic E-state index is 0.180. The summed E-state index contributed by atoms with van der Waals surface area (Å²) >= 11 is 6.60. The molecule has 1 fully saturated rings. The summed E-state index contributed by atoms with van der Waals surface area (Å²) < 4.78 is 5.46. The highest BCUT2D eigenvalue weighted by molar-refractivity contribution is 6.20. The number of alkyl halides is 1. The van der Waals surface area contributed by atoms with Crippen LogP contribution in [0.4, 0.5) is 0 Å². The van der Waals surface area contributed by atoms with E-state index in [0.29, 0.717) is 0 Å². The first-order valence-electron chi connectivity index (χ1n) is 7.16. The number of hydrogen-bond acceptors (Lipinski definition) is 1. The molecule has 0 aromatic heterocycles. The third kappa shape index (κ3) is 2.73. The van der Waals surface area contributed by atoms with Gasteiger partial charge in [0.2, 0.25) is 0 Å². The summed E-state index contributed by atoms with van der Waals surface area (Å²) in [4.78, 5) is 0. The maximum Gasteiger partial charge on any atom is 0.0725 e. The highest BCUT2D eigenvalue weighted by atomic mass is 35.5. The minimum Gasteiger partial charge on any atom is -0.372 e. The van der Waals surface area contributed by atoms with Crippen LogP contribution < -0.4 is 0 Å².